The molecule has 1 atom stereocenters. The van der Waals surface area contributed by atoms with Crippen molar-refractivity contribution in [3.63, 3.8) is 0 Å². The Morgan fingerprint density at radius 2 is 2.03 bits per heavy atom. The molecule has 0 radical (unpaired) electrons. The molecule has 2 aromatic heterocycles. The van der Waals surface area contributed by atoms with Crippen LogP contribution in [-0.2, 0) is 9.53 Å². The van der Waals surface area contributed by atoms with Gasteiger partial charge in [-0.15, -0.1) is 11.3 Å². The lowest BCUT2D eigenvalue weighted by atomic mass is 10.0. The molecule has 0 saturated heterocycles. The van der Waals surface area contributed by atoms with E-state index in [1.165, 1.54) is 22.7 Å². The second-order valence-corrected chi connectivity index (χ2v) is 9.53. The van der Waals surface area contributed by atoms with Crippen LogP contribution in [0.5, 0.6) is 5.75 Å². The lowest BCUT2D eigenvalue weighted by molar-refractivity contribution is -0.139. The third-order valence-corrected chi connectivity index (χ3v) is 7.46. The number of thiazole rings is 1. The van der Waals surface area contributed by atoms with E-state index in [4.69, 9.17) is 4.74 Å². The molecule has 1 aliphatic rings. The molecule has 0 aliphatic carbocycles. The molecular weight excluding hydrogens is 456 g/mol. The molecule has 5 rings (SSSR count). The van der Waals surface area contributed by atoms with E-state index in [2.05, 4.69) is 4.99 Å². The quantitative estimate of drug-likeness (QED) is 0.455. The molecule has 1 N–H and O–H groups in total. The van der Waals surface area contributed by atoms with Gasteiger partial charge in [-0.2, -0.15) is 0 Å². The fraction of sp³-hybridized carbons (Fsp3) is 0.160. The maximum absolute atomic E-state index is 13.6. The molecule has 6 nitrogen and oxygen atoms in total. The Labute approximate surface area is 197 Å². The number of benzene rings is 2. The zero-order valence-corrected chi connectivity index (χ0v) is 19.6. The van der Waals surface area contributed by atoms with Crippen LogP contribution in [0.3, 0.4) is 0 Å². The minimum atomic E-state index is -0.608. The molecule has 0 spiro atoms. The number of esters is 1. The van der Waals surface area contributed by atoms with Crippen molar-refractivity contribution in [1.29, 1.82) is 0 Å². The van der Waals surface area contributed by atoms with Crippen LogP contribution in [0.15, 0.2) is 75.0 Å². The van der Waals surface area contributed by atoms with Gasteiger partial charge in [-0.05, 0) is 48.2 Å². The zero-order valence-electron chi connectivity index (χ0n) is 17.9. The fourth-order valence-corrected chi connectivity index (χ4v) is 5.93. The van der Waals surface area contributed by atoms with Gasteiger partial charge in [0.15, 0.2) is 4.80 Å². The number of carbonyl (C=O) groups is 1. The fourth-order valence-electron chi connectivity index (χ4n) is 4.07. The molecule has 0 bridgehead atoms. The van der Waals surface area contributed by atoms with E-state index < -0.39 is 12.0 Å². The first-order valence-electron chi connectivity index (χ1n) is 10.4. The summed E-state index contributed by atoms with van der Waals surface area (Å²) < 4.78 is 7.29. The number of phenols is 1. The van der Waals surface area contributed by atoms with Gasteiger partial charge in [0.2, 0.25) is 0 Å². The number of rotatable bonds is 4. The zero-order chi connectivity index (χ0) is 23.1. The predicted molar refractivity (Wildman–Crippen MR) is 130 cm³/mol. The van der Waals surface area contributed by atoms with Gasteiger partial charge in [0.05, 0.1) is 22.4 Å². The number of allylic oxidation sites excluding steroid dienone is 1. The number of fused-ring (bicyclic) bond motifs is 2. The van der Waals surface area contributed by atoms with Gasteiger partial charge in [0.25, 0.3) is 5.56 Å². The standard InChI is InChI=1S/C25H20N2O4S2/c1-3-31-24(30)21-14(2)26-25-27(22(21)19-9-6-12-32-19)23(29)20(33-25)13-17-16-8-5-4-7-15(16)10-11-18(17)28/h4-13,22,28H,3H2,1-2H3/b20-13+. The van der Waals surface area contributed by atoms with Gasteiger partial charge in [-0.1, -0.05) is 47.7 Å². The Morgan fingerprint density at radius 1 is 1.21 bits per heavy atom. The maximum Gasteiger partial charge on any atom is 0.338 e. The van der Waals surface area contributed by atoms with Gasteiger partial charge in [-0.25, -0.2) is 9.79 Å². The summed E-state index contributed by atoms with van der Waals surface area (Å²) in [4.78, 5) is 32.4. The Hall–Kier alpha value is -3.49. The van der Waals surface area contributed by atoms with Crippen LogP contribution in [0.4, 0.5) is 0 Å². The molecule has 8 heteroatoms. The average Bonchev–Trinajstić information content (AvgIpc) is 3.43. The Kier molecular flexibility index (Phi) is 5.47. The first kappa shape index (κ1) is 21.4. The summed E-state index contributed by atoms with van der Waals surface area (Å²) in [5.74, 6) is -0.379. The van der Waals surface area contributed by atoms with Gasteiger partial charge < -0.3 is 9.84 Å². The smallest absolute Gasteiger partial charge is 0.338 e. The first-order chi connectivity index (χ1) is 16.0. The molecule has 0 amide bonds. The van der Waals surface area contributed by atoms with E-state index >= 15 is 0 Å². The van der Waals surface area contributed by atoms with Crippen LogP contribution >= 0.6 is 22.7 Å². The Morgan fingerprint density at radius 3 is 2.79 bits per heavy atom. The number of thiophene rings is 1. The molecule has 1 unspecified atom stereocenters. The minimum Gasteiger partial charge on any atom is -0.507 e. The van der Waals surface area contributed by atoms with E-state index in [1.807, 2.05) is 47.8 Å². The van der Waals surface area contributed by atoms with E-state index in [0.717, 1.165) is 15.6 Å². The van der Waals surface area contributed by atoms with Gasteiger partial charge in [-0.3, -0.25) is 9.36 Å². The Bertz CT molecular complexity index is 1590. The van der Waals surface area contributed by atoms with Crippen molar-refractivity contribution in [2.24, 2.45) is 4.99 Å². The van der Waals surface area contributed by atoms with E-state index in [0.29, 0.717) is 26.2 Å². The summed E-state index contributed by atoms with van der Waals surface area (Å²) in [5, 5.41) is 14.3. The third-order valence-electron chi connectivity index (χ3n) is 5.55. The van der Waals surface area contributed by atoms with Crippen LogP contribution in [0.2, 0.25) is 0 Å². The molecule has 3 heterocycles. The summed E-state index contributed by atoms with van der Waals surface area (Å²) in [6.07, 6.45) is 1.70. The monoisotopic (exact) mass is 476 g/mol. The summed E-state index contributed by atoms with van der Waals surface area (Å²) in [5.41, 5.74) is 1.21. The van der Waals surface area contributed by atoms with Crippen molar-refractivity contribution in [2.75, 3.05) is 6.61 Å². The van der Waals surface area contributed by atoms with Crippen molar-refractivity contribution in [1.82, 2.24) is 4.57 Å². The summed E-state index contributed by atoms with van der Waals surface area (Å²) >= 11 is 2.71. The number of ether oxygens (including phenoxy) is 1. The number of nitrogens with zero attached hydrogens (tertiary/aromatic N) is 2. The van der Waals surface area contributed by atoms with Crippen molar-refractivity contribution < 1.29 is 14.6 Å². The second kappa shape index (κ2) is 8.46. The molecule has 0 fully saturated rings. The van der Waals surface area contributed by atoms with E-state index in [9.17, 15) is 14.7 Å². The van der Waals surface area contributed by atoms with E-state index in [-0.39, 0.29) is 17.9 Å². The summed E-state index contributed by atoms with van der Waals surface area (Å²) in [7, 11) is 0. The average molecular weight is 477 g/mol. The highest BCUT2D eigenvalue weighted by atomic mass is 32.1. The van der Waals surface area contributed by atoms with Gasteiger partial charge in [0, 0.05) is 10.4 Å². The highest BCUT2D eigenvalue weighted by Crippen LogP contribution is 2.33. The predicted octanol–water partition coefficient (Wildman–Crippen LogP) is 3.72. The number of hydrogen-bond donors (Lipinski definition) is 1. The number of carbonyl (C=O) groups excluding carboxylic acids is 1. The number of aromatic hydroxyl groups is 1. The van der Waals surface area contributed by atoms with Crippen LogP contribution in [0.1, 0.15) is 30.3 Å². The summed E-state index contributed by atoms with van der Waals surface area (Å²) in [6, 6.07) is 14.4. The van der Waals surface area contributed by atoms with Crippen molar-refractivity contribution in [2.45, 2.75) is 19.9 Å². The molecule has 0 saturated carbocycles. The normalized spacial score (nSPS) is 16.1. The highest BCUT2D eigenvalue weighted by molar-refractivity contribution is 7.10. The molecule has 1 aliphatic heterocycles. The van der Waals surface area contributed by atoms with Gasteiger partial charge in [0.1, 0.15) is 11.8 Å². The van der Waals surface area contributed by atoms with Crippen molar-refractivity contribution in [3.05, 3.63) is 95.3 Å². The van der Waals surface area contributed by atoms with Crippen LogP contribution in [-0.4, -0.2) is 22.2 Å². The third kappa shape index (κ3) is 3.61. The topological polar surface area (TPSA) is 80.9 Å². The van der Waals surface area contributed by atoms with E-state index in [1.54, 1.807) is 30.6 Å². The number of phenolic OH excluding ortho intramolecular Hbond substituents is 1. The first-order valence-corrected chi connectivity index (χ1v) is 12.1. The SMILES string of the molecule is CCOC(=O)C1=C(C)N=c2s/c(=C/c3c(O)ccc4ccccc34)c(=O)n2C1c1cccs1. The minimum absolute atomic E-state index is 0.0951. The van der Waals surface area contributed by atoms with Crippen LogP contribution in [0.25, 0.3) is 16.8 Å². The van der Waals surface area contributed by atoms with Crippen LogP contribution in [0, 0.1) is 0 Å². The second-order valence-electron chi connectivity index (χ2n) is 7.54. The van der Waals surface area contributed by atoms with Crippen molar-refractivity contribution >= 4 is 45.5 Å². The Balaban J connectivity index is 1.77. The molecule has 33 heavy (non-hydrogen) atoms. The highest BCUT2D eigenvalue weighted by Gasteiger charge is 2.33. The van der Waals surface area contributed by atoms with Gasteiger partial charge >= 0.3 is 5.97 Å². The number of hydrogen-bond acceptors (Lipinski definition) is 7. The molecular formula is C25H20N2O4S2. The number of aromatic nitrogens is 1. The lowest BCUT2D eigenvalue weighted by Gasteiger charge is -2.23. The molecule has 4 aromatic rings. The lowest BCUT2D eigenvalue weighted by Crippen LogP contribution is -2.39. The van der Waals surface area contributed by atoms with Crippen molar-refractivity contribution in [3.8, 4) is 5.75 Å². The largest absolute Gasteiger partial charge is 0.507 e. The molecule has 166 valence electrons. The van der Waals surface area contributed by atoms with Crippen LogP contribution < -0.4 is 14.9 Å². The molecule has 2 aromatic carbocycles. The summed E-state index contributed by atoms with van der Waals surface area (Å²) in [6.45, 7) is 3.75. The maximum atomic E-state index is 13.6.